The van der Waals surface area contributed by atoms with Crippen LogP contribution in [0.1, 0.15) is 36.8 Å². The summed E-state index contributed by atoms with van der Waals surface area (Å²) in [6.45, 7) is 5.40. The number of likely N-dealkylation sites (tertiary alicyclic amines) is 1. The van der Waals surface area contributed by atoms with Crippen molar-refractivity contribution < 1.29 is 14.3 Å². The molecule has 0 aromatic heterocycles. The number of hydrogen-bond donors (Lipinski definition) is 0. The smallest absolute Gasteiger partial charge is 0.260 e. The Morgan fingerprint density at radius 3 is 2.39 bits per heavy atom. The van der Waals surface area contributed by atoms with Crippen molar-refractivity contribution in [3.63, 3.8) is 0 Å². The highest BCUT2D eigenvalue weighted by Crippen LogP contribution is 2.26. The molecule has 0 saturated carbocycles. The van der Waals surface area contributed by atoms with Gasteiger partial charge in [-0.3, -0.25) is 14.5 Å². The van der Waals surface area contributed by atoms with Gasteiger partial charge in [0.15, 0.2) is 6.61 Å². The number of rotatable bonds is 5. The van der Waals surface area contributed by atoms with Crippen LogP contribution in [0.5, 0.6) is 5.75 Å². The van der Waals surface area contributed by atoms with Gasteiger partial charge in [0.2, 0.25) is 5.91 Å². The largest absolute Gasteiger partial charge is 0.484 e. The Balaban J connectivity index is 1.23. The lowest BCUT2D eigenvalue weighted by atomic mass is 10.1. The van der Waals surface area contributed by atoms with Crippen molar-refractivity contribution in [3.05, 3.63) is 29.3 Å². The molecule has 2 saturated heterocycles. The summed E-state index contributed by atoms with van der Waals surface area (Å²) in [6, 6.07) is 6.19. The van der Waals surface area contributed by atoms with Crippen molar-refractivity contribution in [2.24, 2.45) is 0 Å². The van der Waals surface area contributed by atoms with E-state index in [0.29, 0.717) is 13.1 Å². The van der Waals surface area contributed by atoms with Crippen molar-refractivity contribution >= 4 is 11.8 Å². The molecule has 4 rings (SSSR count). The van der Waals surface area contributed by atoms with Crippen molar-refractivity contribution in [3.8, 4) is 5.75 Å². The van der Waals surface area contributed by atoms with E-state index in [-0.39, 0.29) is 18.4 Å². The van der Waals surface area contributed by atoms with Gasteiger partial charge in [0.05, 0.1) is 6.54 Å². The van der Waals surface area contributed by atoms with Crippen LogP contribution in [-0.4, -0.2) is 78.9 Å². The molecule has 28 heavy (non-hydrogen) atoms. The molecule has 6 heteroatoms. The summed E-state index contributed by atoms with van der Waals surface area (Å²) in [5.41, 5.74) is 2.77. The van der Waals surface area contributed by atoms with E-state index in [1.165, 1.54) is 17.5 Å². The molecule has 2 aliphatic heterocycles. The number of amides is 2. The standard InChI is InChI=1S/C22H31N3O3/c26-21(24-10-1-2-11-24)16-23-9-4-12-25(14-13-23)22(27)17-28-20-8-7-18-5-3-6-19(18)15-20/h7-8,15H,1-6,9-14,16-17H2. The Kier molecular flexibility index (Phi) is 6.15. The van der Waals surface area contributed by atoms with Gasteiger partial charge in [-0.05, 0) is 61.8 Å². The van der Waals surface area contributed by atoms with Crippen LogP contribution in [0.3, 0.4) is 0 Å². The molecule has 2 heterocycles. The Labute approximate surface area is 167 Å². The van der Waals surface area contributed by atoms with Crippen LogP contribution in [0.2, 0.25) is 0 Å². The number of benzene rings is 1. The molecule has 0 atom stereocenters. The fraction of sp³-hybridized carbons (Fsp3) is 0.636. The van der Waals surface area contributed by atoms with Gasteiger partial charge >= 0.3 is 0 Å². The first-order valence-electron chi connectivity index (χ1n) is 10.7. The molecular formula is C22H31N3O3. The van der Waals surface area contributed by atoms with Crippen LogP contribution >= 0.6 is 0 Å². The minimum Gasteiger partial charge on any atom is -0.484 e. The van der Waals surface area contributed by atoms with Gasteiger partial charge in [-0.1, -0.05) is 6.07 Å². The van der Waals surface area contributed by atoms with E-state index in [2.05, 4.69) is 17.0 Å². The normalized spacial score (nSPS) is 20.1. The van der Waals surface area contributed by atoms with Crippen LogP contribution in [0.4, 0.5) is 0 Å². The molecule has 152 valence electrons. The number of fused-ring (bicyclic) bond motifs is 1. The minimum atomic E-state index is 0.0354. The third-order valence-corrected chi connectivity index (χ3v) is 6.19. The van der Waals surface area contributed by atoms with Crippen LogP contribution in [-0.2, 0) is 22.4 Å². The highest BCUT2D eigenvalue weighted by molar-refractivity contribution is 5.79. The number of ether oxygens (including phenoxy) is 1. The van der Waals surface area contributed by atoms with E-state index in [4.69, 9.17) is 4.74 Å². The van der Waals surface area contributed by atoms with Gasteiger partial charge in [0, 0.05) is 39.3 Å². The van der Waals surface area contributed by atoms with E-state index >= 15 is 0 Å². The summed E-state index contributed by atoms with van der Waals surface area (Å²) < 4.78 is 5.78. The van der Waals surface area contributed by atoms with Crippen molar-refractivity contribution in [2.45, 2.75) is 38.5 Å². The van der Waals surface area contributed by atoms with Gasteiger partial charge in [-0.15, -0.1) is 0 Å². The van der Waals surface area contributed by atoms with E-state index in [1.54, 1.807) is 0 Å². The molecule has 0 N–H and O–H groups in total. The fourth-order valence-corrected chi connectivity index (χ4v) is 4.51. The van der Waals surface area contributed by atoms with Gasteiger partial charge in [-0.25, -0.2) is 0 Å². The number of nitrogens with zero attached hydrogens (tertiary/aromatic N) is 3. The minimum absolute atomic E-state index is 0.0354. The van der Waals surface area contributed by atoms with Gasteiger partial charge in [0.1, 0.15) is 5.75 Å². The molecule has 6 nitrogen and oxygen atoms in total. The molecule has 3 aliphatic rings. The number of carbonyl (C=O) groups excluding carboxylic acids is 2. The molecule has 0 unspecified atom stereocenters. The summed E-state index contributed by atoms with van der Waals surface area (Å²) >= 11 is 0. The zero-order chi connectivity index (χ0) is 19.3. The maximum atomic E-state index is 12.6. The van der Waals surface area contributed by atoms with Gasteiger partial charge < -0.3 is 14.5 Å². The molecule has 1 aliphatic carbocycles. The first kappa shape index (κ1) is 19.2. The quantitative estimate of drug-likeness (QED) is 0.774. The Morgan fingerprint density at radius 2 is 1.54 bits per heavy atom. The summed E-state index contributed by atoms with van der Waals surface area (Å²) in [6.07, 6.45) is 6.62. The molecule has 0 radical (unpaired) electrons. The Morgan fingerprint density at radius 1 is 0.786 bits per heavy atom. The molecule has 1 aromatic rings. The van der Waals surface area contributed by atoms with Crippen LogP contribution in [0, 0.1) is 0 Å². The predicted octanol–water partition coefficient (Wildman–Crippen LogP) is 1.71. The molecule has 2 fully saturated rings. The van der Waals surface area contributed by atoms with Crippen LogP contribution in [0.15, 0.2) is 18.2 Å². The van der Waals surface area contributed by atoms with Crippen LogP contribution in [0.25, 0.3) is 0 Å². The fourth-order valence-electron chi connectivity index (χ4n) is 4.51. The SMILES string of the molecule is O=C(COc1ccc2c(c1)CCC2)N1CCCN(CC(=O)N2CCCC2)CC1. The molecule has 2 amide bonds. The molecule has 0 spiro atoms. The maximum absolute atomic E-state index is 12.6. The Bertz CT molecular complexity index is 715. The molecule has 1 aromatic carbocycles. The summed E-state index contributed by atoms with van der Waals surface area (Å²) in [5.74, 6) is 1.06. The van der Waals surface area contributed by atoms with E-state index < -0.39 is 0 Å². The van der Waals surface area contributed by atoms with Crippen LogP contribution < -0.4 is 4.74 Å². The Hall–Kier alpha value is -2.08. The molecule has 0 bridgehead atoms. The summed E-state index contributed by atoms with van der Waals surface area (Å²) in [4.78, 5) is 31.0. The number of hydrogen-bond acceptors (Lipinski definition) is 4. The lowest BCUT2D eigenvalue weighted by Crippen LogP contribution is -2.41. The van der Waals surface area contributed by atoms with Crippen molar-refractivity contribution in [1.29, 1.82) is 0 Å². The second kappa shape index (κ2) is 8.95. The van der Waals surface area contributed by atoms with E-state index in [9.17, 15) is 9.59 Å². The maximum Gasteiger partial charge on any atom is 0.260 e. The average molecular weight is 386 g/mol. The highest BCUT2D eigenvalue weighted by atomic mass is 16.5. The zero-order valence-electron chi connectivity index (χ0n) is 16.7. The monoisotopic (exact) mass is 385 g/mol. The second-order valence-electron chi connectivity index (χ2n) is 8.17. The first-order chi connectivity index (χ1) is 13.7. The lowest BCUT2D eigenvalue weighted by molar-refractivity contribution is -0.133. The molecular weight excluding hydrogens is 354 g/mol. The summed E-state index contributed by atoms with van der Waals surface area (Å²) in [7, 11) is 0. The van der Waals surface area contributed by atoms with Gasteiger partial charge in [0.25, 0.3) is 5.91 Å². The zero-order valence-corrected chi connectivity index (χ0v) is 16.7. The average Bonchev–Trinajstić information content (AvgIpc) is 3.35. The highest BCUT2D eigenvalue weighted by Gasteiger charge is 2.24. The summed E-state index contributed by atoms with van der Waals surface area (Å²) in [5, 5.41) is 0. The number of aryl methyl sites for hydroxylation is 2. The number of carbonyl (C=O) groups is 2. The third kappa shape index (κ3) is 4.66. The predicted molar refractivity (Wildman–Crippen MR) is 107 cm³/mol. The topological polar surface area (TPSA) is 53.1 Å². The first-order valence-corrected chi connectivity index (χ1v) is 10.7. The second-order valence-corrected chi connectivity index (χ2v) is 8.17. The van der Waals surface area contributed by atoms with E-state index in [1.807, 2.05) is 15.9 Å². The van der Waals surface area contributed by atoms with Crippen molar-refractivity contribution in [1.82, 2.24) is 14.7 Å². The lowest BCUT2D eigenvalue weighted by Gasteiger charge is -2.24. The van der Waals surface area contributed by atoms with Crippen molar-refractivity contribution in [2.75, 3.05) is 52.4 Å². The van der Waals surface area contributed by atoms with Gasteiger partial charge in [-0.2, -0.15) is 0 Å². The third-order valence-electron chi connectivity index (χ3n) is 6.19. The van der Waals surface area contributed by atoms with E-state index in [0.717, 1.165) is 70.6 Å².